The van der Waals surface area contributed by atoms with E-state index in [1.165, 1.54) is 9.80 Å². The predicted octanol–water partition coefficient (Wildman–Crippen LogP) is 3.84. The third-order valence-corrected chi connectivity index (χ3v) is 7.74. The Morgan fingerprint density at radius 1 is 0.525 bits per heavy atom. The lowest BCUT2D eigenvalue weighted by Crippen LogP contribution is -2.50. The third-order valence-electron chi connectivity index (χ3n) is 7.74. The van der Waals surface area contributed by atoms with Crippen LogP contribution in [0.4, 0.5) is 0 Å². The van der Waals surface area contributed by atoms with Crippen LogP contribution in [0.5, 0.6) is 0 Å². The molecule has 2 unspecified atom stereocenters. The van der Waals surface area contributed by atoms with E-state index in [2.05, 4.69) is 10.6 Å². The molecule has 0 aliphatic carbocycles. The molecule has 0 saturated carbocycles. The summed E-state index contributed by atoms with van der Waals surface area (Å²) in [5.41, 5.74) is 2.21. The number of hydrogen-bond acceptors (Lipinski definition) is 6. The lowest BCUT2D eigenvalue weighted by atomic mass is 9.94. The van der Waals surface area contributed by atoms with Gasteiger partial charge in [0.1, 0.15) is 0 Å². The first-order valence-corrected chi connectivity index (χ1v) is 13.6. The first-order chi connectivity index (χ1) is 19.3. The number of imide groups is 2. The number of carbonyl (C=O) groups is 4. The molecule has 0 saturated heterocycles. The highest BCUT2D eigenvalue weighted by Crippen LogP contribution is 2.31. The Balaban J connectivity index is 1.02. The van der Waals surface area contributed by atoms with Crippen molar-refractivity contribution in [2.24, 2.45) is 0 Å². The number of nitrogens with one attached hydrogen (secondary N) is 2. The van der Waals surface area contributed by atoms with Crippen LogP contribution in [0.2, 0.25) is 0 Å². The van der Waals surface area contributed by atoms with Crippen molar-refractivity contribution < 1.29 is 19.2 Å². The Morgan fingerprint density at radius 2 is 0.825 bits per heavy atom. The first-order valence-electron chi connectivity index (χ1n) is 13.6. The monoisotopic (exact) mass is 534 g/mol. The molecule has 40 heavy (non-hydrogen) atoms. The van der Waals surface area contributed by atoms with Crippen molar-refractivity contribution in [3.8, 4) is 0 Å². The van der Waals surface area contributed by atoms with Gasteiger partial charge in [0.15, 0.2) is 0 Å². The van der Waals surface area contributed by atoms with Crippen LogP contribution in [0.3, 0.4) is 0 Å². The summed E-state index contributed by atoms with van der Waals surface area (Å²) in [6.07, 6.45) is 0. The molecule has 2 atom stereocenters. The number of rotatable bonds is 9. The molecule has 0 fully saturated rings. The van der Waals surface area contributed by atoms with E-state index in [0.29, 0.717) is 35.3 Å². The molecule has 202 valence electrons. The summed E-state index contributed by atoms with van der Waals surface area (Å²) in [5, 5.41) is 9.95. The normalized spacial score (nSPS) is 16.2. The Hall–Kier alpha value is -4.40. The predicted molar refractivity (Wildman–Crippen MR) is 154 cm³/mol. The van der Waals surface area contributed by atoms with Crippen LogP contribution in [0, 0.1) is 0 Å². The summed E-state index contributed by atoms with van der Waals surface area (Å²) in [4.78, 5) is 55.2. The van der Waals surface area contributed by atoms with Gasteiger partial charge in [-0.15, -0.1) is 0 Å². The first kappa shape index (κ1) is 25.9. The molecule has 2 aliphatic rings. The molecular formula is C32H30N4O4. The van der Waals surface area contributed by atoms with Crippen molar-refractivity contribution in [3.63, 3.8) is 0 Å². The quantitative estimate of drug-likeness (QED) is 0.250. The second kappa shape index (κ2) is 10.3. The summed E-state index contributed by atoms with van der Waals surface area (Å²) < 4.78 is 0. The van der Waals surface area contributed by atoms with Gasteiger partial charge in [-0.1, -0.05) is 48.5 Å². The standard InChI is InChI=1S/C32H30N4O4/c1-19(17-35-29(37)23-11-3-7-21-8-4-12-24(27(21)23)30(35)38)33-15-16-34-20(2)18-36-31(39)25-13-5-9-22-10-6-14-26(28(22)25)32(36)40/h3-14,19-20,33-34H,15-18H2,1-2H3. The second-order valence-electron chi connectivity index (χ2n) is 10.6. The molecular weight excluding hydrogens is 504 g/mol. The van der Waals surface area contributed by atoms with Crippen LogP contribution in [-0.4, -0.2) is 71.7 Å². The van der Waals surface area contributed by atoms with Gasteiger partial charge in [0.05, 0.1) is 0 Å². The Morgan fingerprint density at radius 3 is 1.12 bits per heavy atom. The van der Waals surface area contributed by atoms with Crippen molar-refractivity contribution in [2.45, 2.75) is 25.9 Å². The van der Waals surface area contributed by atoms with Crippen LogP contribution < -0.4 is 10.6 Å². The fourth-order valence-electron chi connectivity index (χ4n) is 5.81. The molecule has 2 heterocycles. The maximum atomic E-state index is 13.2. The summed E-state index contributed by atoms with van der Waals surface area (Å²) in [6.45, 7) is 5.54. The summed E-state index contributed by atoms with van der Waals surface area (Å²) in [6, 6.07) is 21.8. The molecule has 4 aromatic rings. The van der Waals surface area contributed by atoms with E-state index >= 15 is 0 Å². The van der Waals surface area contributed by atoms with Gasteiger partial charge in [-0.05, 0) is 48.9 Å². The van der Waals surface area contributed by atoms with Gasteiger partial charge in [0.2, 0.25) is 0 Å². The molecule has 8 nitrogen and oxygen atoms in total. The molecule has 4 aromatic carbocycles. The minimum absolute atomic E-state index is 0.128. The fraction of sp³-hybridized carbons (Fsp3) is 0.250. The van der Waals surface area contributed by atoms with Crippen molar-refractivity contribution in [1.82, 2.24) is 20.4 Å². The highest BCUT2D eigenvalue weighted by Gasteiger charge is 2.34. The van der Waals surface area contributed by atoms with E-state index in [0.717, 1.165) is 21.5 Å². The zero-order valence-corrected chi connectivity index (χ0v) is 22.4. The fourth-order valence-corrected chi connectivity index (χ4v) is 5.81. The van der Waals surface area contributed by atoms with Crippen molar-refractivity contribution >= 4 is 45.2 Å². The van der Waals surface area contributed by atoms with Crippen LogP contribution in [0.1, 0.15) is 55.3 Å². The summed E-state index contributed by atoms with van der Waals surface area (Å²) in [5.74, 6) is -1.10. The van der Waals surface area contributed by atoms with Crippen LogP contribution >= 0.6 is 0 Å². The maximum Gasteiger partial charge on any atom is 0.261 e. The van der Waals surface area contributed by atoms with Gasteiger partial charge in [-0.3, -0.25) is 29.0 Å². The number of nitrogens with zero attached hydrogens (tertiary/aromatic N) is 2. The zero-order chi connectivity index (χ0) is 28.0. The SMILES string of the molecule is CC(CN1C(=O)c2cccc3cccc(c23)C1=O)NCCNC(C)CN1C(=O)c2cccc3cccc(c23)C1=O. The van der Waals surface area contributed by atoms with E-state index < -0.39 is 0 Å². The van der Waals surface area contributed by atoms with Gasteiger partial charge in [-0.25, -0.2) is 0 Å². The largest absolute Gasteiger partial charge is 0.311 e. The Kier molecular flexibility index (Phi) is 6.65. The highest BCUT2D eigenvalue weighted by molar-refractivity contribution is 6.26. The number of carbonyl (C=O) groups excluding carboxylic acids is 4. The average Bonchev–Trinajstić information content (AvgIpc) is 2.97. The summed E-state index contributed by atoms with van der Waals surface area (Å²) >= 11 is 0. The molecule has 2 N–H and O–H groups in total. The molecule has 0 aromatic heterocycles. The summed E-state index contributed by atoms with van der Waals surface area (Å²) in [7, 11) is 0. The van der Waals surface area contributed by atoms with E-state index in [1.807, 2.05) is 62.4 Å². The minimum atomic E-state index is -0.275. The number of amides is 4. The van der Waals surface area contributed by atoms with E-state index in [-0.39, 0.29) is 48.8 Å². The average molecular weight is 535 g/mol. The maximum absolute atomic E-state index is 13.2. The molecule has 0 radical (unpaired) electrons. The third kappa shape index (κ3) is 4.35. The smallest absolute Gasteiger partial charge is 0.261 e. The van der Waals surface area contributed by atoms with Gasteiger partial charge in [-0.2, -0.15) is 0 Å². The molecule has 0 spiro atoms. The molecule has 2 aliphatic heterocycles. The Bertz CT molecular complexity index is 1470. The zero-order valence-electron chi connectivity index (χ0n) is 22.4. The lowest BCUT2D eigenvalue weighted by Gasteiger charge is -2.30. The highest BCUT2D eigenvalue weighted by atomic mass is 16.2. The van der Waals surface area contributed by atoms with Crippen LogP contribution in [0.15, 0.2) is 72.8 Å². The lowest BCUT2D eigenvalue weighted by molar-refractivity contribution is 0.0580. The van der Waals surface area contributed by atoms with Crippen LogP contribution in [0.25, 0.3) is 21.5 Å². The van der Waals surface area contributed by atoms with E-state index in [4.69, 9.17) is 0 Å². The van der Waals surface area contributed by atoms with E-state index in [1.54, 1.807) is 24.3 Å². The molecule has 8 heteroatoms. The van der Waals surface area contributed by atoms with Gasteiger partial charge >= 0.3 is 0 Å². The molecule has 6 rings (SSSR count). The second-order valence-corrected chi connectivity index (χ2v) is 10.6. The van der Waals surface area contributed by atoms with Crippen molar-refractivity contribution in [1.29, 1.82) is 0 Å². The topological polar surface area (TPSA) is 98.8 Å². The van der Waals surface area contributed by atoms with Gasteiger partial charge < -0.3 is 10.6 Å². The number of benzene rings is 4. The van der Waals surface area contributed by atoms with Crippen molar-refractivity contribution in [3.05, 3.63) is 95.1 Å². The van der Waals surface area contributed by atoms with E-state index in [9.17, 15) is 19.2 Å². The molecule has 4 amide bonds. The van der Waals surface area contributed by atoms with Gasteiger partial charge in [0.25, 0.3) is 23.6 Å². The minimum Gasteiger partial charge on any atom is -0.311 e. The Labute approximate surface area is 231 Å². The molecule has 0 bridgehead atoms. The van der Waals surface area contributed by atoms with Crippen LogP contribution in [-0.2, 0) is 0 Å². The van der Waals surface area contributed by atoms with Crippen molar-refractivity contribution in [2.75, 3.05) is 26.2 Å². The number of hydrogen-bond donors (Lipinski definition) is 2. The van der Waals surface area contributed by atoms with Gasteiger partial charge in [0, 0.05) is 71.3 Å².